The average Bonchev–Trinajstić information content (AvgIpc) is 3.14. The Morgan fingerprint density at radius 3 is 0.849 bits per heavy atom. The fourth-order valence-electron chi connectivity index (χ4n) is 4.90. The molecule has 0 saturated carbocycles. The minimum Gasteiger partial charge on any atom is -0.298 e. The average molecular weight is 843 g/mol. The molecule has 17 heteroatoms. The van der Waals surface area contributed by atoms with Crippen LogP contribution in [0.2, 0.25) is 0 Å². The smallest absolute Gasteiger partial charge is 0.298 e. The Morgan fingerprint density at radius 1 is 0.358 bits per heavy atom. The largest absolute Gasteiger partial charge is 2.00 e. The van der Waals surface area contributed by atoms with E-state index in [4.69, 9.17) is 48.1 Å². The van der Waals surface area contributed by atoms with E-state index in [-0.39, 0.29) is 19.5 Å². The molecule has 8 aromatic rings. The van der Waals surface area contributed by atoms with Gasteiger partial charge in [0.05, 0.1) is 33.5 Å². The van der Waals surface area contributed by atoms with E-state index in [1.54, 1.807) is 24.8 Å². The zero-order valence-electron chi connectivity index (χ0n) is 27.0. The monoisotopic (exact) mass is 842 g/mol. The Morgan fingerprint density at radius 2 is 0.623 bits per heavy atom. The van der Waals surface area contributed by atoms with Gasteiger partial charge in [0.25, 0.3) is 0 Å². The summed E-state index contributed by atoms with van der Waals surface area (Å²) in [7, 11) is -9.89. The Kier molecular flexibility index (Phi) is 15.8. The number of halogens is 2. The van der Waals surface area contributed by atoms with Gasteiger partial charge in [-0.1, -0.05) is 72.8 Å². The van der Waals surface area contributed by atoms with Gasteiger partial charge in [0.1, 0.15) is 0 Å². The van der Waals surface area contributed by atoms with Gasteiger partial charge in [-0.2, -0.15) is 0 Å². The van der Waals surface area contributed by atoms with Gasteiger partial charge >= 0.3 is 19.5 Å². The maximum atomic E-state index is 8.49. The van der Waals surface area contributed by atoms with E-state index in [2.05, 4.69) is 44.2 Å². The number of aromatic nitrogens is 4. The second-order valence-corrected chi connectivity index (χ2v) is 11.8. The topological polar surface area (TPSA) is 284 Å². The van der Waals surface area contributed by atoms with E-state index < -0.39 is 20.5 Å². The van der Waals surface area contributed by atoms with Crippen molar-refractivity contribution in [2.45, 2.75) is 0 Å². The zero-order valence-corrected chi connectivity index (χ0v) is 30.3. The molecule has 0 unspecified atom stereocenters. The molecular weight excluding hydrogens is 816 g/mol. The number of pyridine rings is 4. The molecule has 2 N–H and O–H groups in total. The van der Waals surface area contributed by atoms with Crippen LogP contribution < -0.4 is 48.0 Å². The van der Waals surface area contributed by atoms with E-state index >= 15 is 0 Å². The molecule has 53 heavy (non-hydrogen) atoms. The Balaban J connectivity index is 0.000000193. The summed E-state index contributed by atoms with van der Waals surface area (Å²) in [6, 6.07) is 39.3. The second-order valence-electron chi connectivity index (χ2n) is 10.2. The summed E-state index contributed by atoms with van der Waals surface area (Å²) in [6.45, 7) is 0. The van der Waals surface area contributed by atoms with Crippen molar-refractivity contribution in [2.24, 2.45) is 0 Å². The number of hydrogen-bond acceptors (Lipinski definition) is 14. The number of rotatable bonds is 2. The Labute approximate surface area is 318 Å². The summed E-state index contributed by atoms with van der Waals surface area (Å²) in [5.41, 5.74) is 3.66. The Hall–Kier alpha value is -5.00. The van der Waals surface area contributed by atoms with Crippen LogP contribution >= 0.6 is 0 Å². The first-order valence-electron chi connectivity index (χ1n) is 14.7. The standard InChI is InChI=1S/C16H10N2.2C10H8N2.2ClHO4.Ru/c17-15-11-5-1-3-9-7-8-10-4-2-6-12(16(15)18)14(10)13(9)11;2*1-3-7-11-9(5-1)10-6-2-4-8-12-10;2*2-1(3,4)5;/h1-8,17-18H;2*1-8H;2*(H,2,3,4,5);/q;;;;;+2/p-2. The molecule has 0 aliphatic heterocycles. The van der Waals surface area contributed by atoms with E-state index in [9.17, 15) is 0 Å². The van der Waals surface area contributed by atoms with Crippen LogP contribution in [0.4, 0.5) is 0 Å². The maximum Gasteiger partial charge on any atom is 2.00 e. The third-order valence-corrected chi connectivity index (χ3v) is 6.86. The van der Waals surface area contributed by atoms with Crippen LogP contribution in [0.1, 0.15) is 0 Å². The van der Waals surface area contributed by atoms with Crippen molar-refractivity contribution in [3.63, 3.8) is 0 Å². The van der Waals surface area contributed by atoms with Crippen molar-refractivity contribution < 1.29 is 77.2 Å². The molecule has 0 atom stereocenters. The van der Waals surface area contributed by atoms with Crippen LogP contribution in [0.3, 0.4) is 0 Å². The molecule has 14 nitrogen and oxygen atoms in total. The van der Waals surface area contributed by atoms with Crippen LogP contribution in [0.25, 0.3) is 55.1 Å². The van der Waals surface area contributed by atoms with E-state index in [1.165, 1.54) is 0 Å². The van der Waals surface area contributed by atoms with Crippen molar-refractivity contribution in [1.82, 2.24) is 19.9 Å². The number of benzene rings is 4. The number of nitrogens with one attached hydrogen (secondary N) is 2. The van der Waals surface area contributed by atoms with Crippen LogP contribution in [0.5, 0.6) is 0 Å². The zero-order chi connectivity index (χ0) is 37.7. The summed E-state index contributed by atoms with van der Waals surface area (Å²) < 4.78 is 67.9. The van der Waals surface area contributed by atoms with Crippen LogP contribution in [0, 0.1) is 31.3 Å². The molecule has 0 spiro atoms. The Bertz CT molecular complexity index is 2140. The molecule has 4 heterocycles. The summed E-state index contributed by atoms with van der Waals surface area (Å²) >= 11 is 0. The van der Waals surface area contributed by atoms with Crippen LogP contribution in [-0.2, 0) is 19.5 Å². The number of hydrogen-bond donors (Lipinski definition) is 2. The molecule has 0 fully saturated rings. The van der Waals surface area contributed by atoms with Gasteiger partial charge in [-0.3, -0.25) is 30.8 Å². The van der Waals surface area contributed by atoms with Gasteiger partial charge in [-0.05, 0) is 70.1 Å². The van der Waals surface area contributed by atoms with Gasteiger partial charge in [0, 0.05) is 35.6 Å². The minimum absolute atomic E-state index is 0. The number of nitrogens with zero attached hydrogens (tertiary/aromatic N) is 4. The van der Waals surface area contributed by atoms with Crippen molar-refractivity contribution in [1.29, 1.82) is 10.8 Å². The predicted molar refractivity (Wildman–Crippen MR) is 168 cm³/mol. The van der Waals surface area contributed by atoms with E-state index in [0.29, 0.717) is 10.7 Å². The van der Waals surface area contributed by atoms with Gasteiger partial charge in [-0.15, -0.1) is 20.5 Å². The molecule has 4 aromatic heterocycles. The normalized spacial score (nSPS) is 10.6. The summed E-state index contributed by atoms with van der Waals surface area (Å²) in [6.07, 6.45) is 7.07. The SMILES string of the molecule is N=c1c(=N)c2cccc3ccc4cccc1c4c32.[O-][Cl+3]([O-])([O-])[O-].[O-][Cl+3]([O-])([O-])[O-].[Ru+2].c1ccc(-c2ccccn2)nc1.c1ccc(-c2ccccn2)nc1. The first kappa shape index (κ1) is 42.4. The van der Waals surface area contributed by atoms with Crippen molar-refractivity contribution >= 4 is 32.3 Å². The van der Waals surface area contributed by atoms with Gasteiger partial charge < -0.3 is 0 Å². The predicted octanol–water partition coefficient (Wildman–Crippen LogP) is -2.25. The van der Waals surface area contributed by atoms with E-state index in [0.717, 1.165) is 55.1 Å². The first-order valence-corrected chi connectivity index (χ1v) is 17.2. The molecule has 0 saturated heterocycles. The third kappa shape index (κ3) is 13.5. The van der Waals surface area contributed by atoms with E-state index in [1.807, 2.05) is 97.1 Å². The molecule has 270 valence electrons. The minimum atomic E-state index is -4.94. The van der Waals surface area contributed by atoms with Crippen molar-refractivity contribution in [2.75, 3.05) is 0 Å². The van der Waals surface area contributed by atoms with Crippen molar-refractivity contribution in [3.8, 4) is 22.8 Å². The summed E-state index contributed by atoms with van der Waals surface area (Å²) in [5, 5.41) is 23.2. The third-order valence-electron chi connectivity index (χ3n) is 6.86. The van der Waals surface area contributed by atoms with Gasteiger partial charge in [0.2, 0.25) is 0 Å². The molecule has 0 radical (unpaired) electrons. The molecule has 8 rings (SSSR count). The fraction of sp³-hybridized carbons (Fsp3) is 0. The molecule has 0 amide bonds. The van der Waals surface area contributed by atoms with Gasteiger partial charge in [-0.25, -0.2) is 37.3 Å². The fourth-order valence-corrected chi connectivity index (χ4v) is 4.90. The van der Waals surface area contributed by atoms with Crippen LogP contribution in [0.15, 0.2) is 146 Å². The quantitative estimate of drug-likeness (QED) is 0.138. The first-order chi connectivity index (χ1) is 24.7. The molecule has 0 aliphatic rings. The molecule has 0 aliphatic carbocycles. The summed E-state index contributed by atoms with van der Waals surface area (Å²) in [5.74, 6) is 0. The summed E-state index contributed by atoms with van der Waals surface area (Å²) in [4.78, 5) is 16.7. The molecule has 0 bridgehead atoms. The molecule has 4 aromatic carbocycles. The molecular formula is C36H26Cl2N6O8Ru. The van der Waals surface area contributed by atoms with Gasteiger partial charge in [0.15, 0.2) is 0 Å². The van der Waals surface area contributed by atoms with Crippen LogP contribution in [-0.4, -0.2) is 19.9 Å². The maximum absolute atomic E-state index is 8.49. The van der Waals surface area contributed by atoms with Crippen molar-refractivity contribution in [3.05, 3.63) is 157 Å². The second kappa shape index (κ2) is 19.7.